The van der Waals surface area contributed by atoms with Gasteiger partial charge in [0, 0.05) is 16.1 Å². The van der Waals surface area contributed by atoms with E-state index in [1.807, 2.05) is 0 Å². The number of hydrogen-bond donors (Lipinski definition) is 0. The number of thiophene rings is 1. The lowest BCUT2D eigenvalue weighted by atomic mass is 10.3. The standard InChI is InChI=1S/C11H9ClO5S3/c1-17-8-2-4-9(5-3-8)19(13,14)10-6-11(18-7-10)20(12,15)16/h2-7H,1H3. The summed E-state index contributed by atoms with van der Waals surface area (Å²) < 4.78 is 51.7. The first kappa shape index (κ1) is 15.3. The van der Waals surface area contributed by atoms with Gasteiger partial charge in [0.15, 0.2) is 0 Å². The third kappa shape index (κ3) is 2.98. The Morgan fingerprint density at radius 3 is 2.10 bits per heavy atom. The number of ether oxygens (including phenoxy) is 1. The van der Waals surface area contributed by atoms with Crippen LogP contribution in [-0.2, 0) is 18.9 Å². The molecule has 108 valence electrons. The molecule has 1 heterocycles. The van der Waals surface area contributed by atoms with Gasteiger partial charge in [0.25, 0.3) is 9.05 Å². The minimum absolute atomic E-state index is 0.0506. The molecule has 5 nitrogen and oxygen atoms in total. The summed E-state index contributed by atoms with van der Waals surface area (Å²) in [6.45, 7) is 0. The Morgan fingerprint density at radius 1 is 1.05 bits per heavy atom. The highest BCUT2D eigenvalue weighted by Gasteiger charge is 2.22. The van der Waals surface area contributed by atoms with E-state index in [4.69, 9.17) is 15.4 Å². The van der Waals surface area contributed by atoms with Crippen molar-refractivity contribution >= 4 is 40.9 Å². The fraction of sp³-hybridized carbons (Fsp3) is 0.0909. The molecule has 0 spiro atoms. The van der Waals surface area contributed by atoms with Gasteiger partial charge in [-0.05, 0) is 30.3 Å². The van der Waals surface area contributed by atoms with Crippen molar-refractivity contribution < 1.29 is 21.6 Å². The molecule has 0 fully saturated rings. The minimum Gasteiger partial charge on any atom is -0.497 e. The van der Waals surface area contributed by atoms with Gasteiger partial charge in [-0.25, -0.2) is 16.8 Å². The molecule has 0 bridgehead atoms. The summed E-state index contributed by atoms with van der Waals surface area (Å²) in [5, 5.41) is 1.24. The molecular weight excluding hydrogens is 344 g/mol. The molecule has 0 aliphatic heterocycles. The van der Waals surface area contributed by atoms with Gasteiger partial charge in [-0.2, -0.15) is 0 Å². The average molecular weight is 353 g/mol. The van der Waals surface area contributed by atoms with Gasteiger partial charge in [0.2, 0.25) is 9.84 Å². The maximum Gasteiger partial charge on any atom is 0.270 e. The summed E-state index contributed by atoms with van der Waals surface area (Å²) >= 11 is 0.762. The Morgan fingerprint density at radius 2 is 1.65 bits per heavy atom. The Labute approximate surface area is 125 Å². The fourth-order valence-corrected chi connectivity index (χ4v) is 5.13. The van der Waals surface area contributed by atoms with Crippen molar-refractivity contribution in [2.24, 2.45) is 0 Å². The zero-order chi connectivity index (χ0) is 15.0. The number of methoxy groups -OCH3 is 1. The van der Waals surface area contributed by atoms with Gasteiger partial charge in [0.1, 0.15) is 9.96 Å². The van der Waals surface area contributed by atoms with E-state index in [9.17, 15) is 16.8 Å². The molecule has 0 N–H and O–H groups in total. The van der Waals surface area contributed by atoms with E-state index in [1.54, 1.807) is 0 Å². The molecule has 0 amide bonds. The summed E-state index contributed by atoms with van der Waals surface area (Å²) in [5.41, 5.74) is 0. The molecule has 0 radical (unpaired) electrons. The predicted molar refractivity (Wildman–Crippen MR) is 75.8 cm³/mol. The lowest BCUT2D eigenvalue weighted by Crippen LogP contribution is -2.00. The van der Waals surface area contributed by atoms with Crippen molar-refractivity contribution in [2.45, 2.75) is 14.0 Å². The van der Waals surface area contributed by atoms with Crippen molar-refractivity contribution in [3.8, 4) is 5.75 Å². The second-order valence-electron chi connectivity index (χ2n) is 3.72. The minimum atomic E-state index is -3.93. The largest absolute Gasteiger partial charge is 0.497 e. The summed E-state index contributed by atoms with van der Waals surface area (Å²) in [7, 11) is -1.05. The normalized spacial score (nSPS) is 12.3. The van der Waals surface area contributed by atoms with Gasteiger partial charge < -0.3 is 4.74 Å². The first-order valence-electron chi connectivity index (χ1n) is 5.17. The smallest absolute Gasteiger partial charge is 0.270 e. The van der Waals surface area contributed by atoms with Crippen LogP contribution < -0.4 is 4.74 Å². The first-order valence-corrected chi connectivity index (χ1v) is 9.85. The highest BCUT2D eigenvalue weighted by Crippen LogP contribution is 2.30. The summed E-state index contributed by atoms with van der Waals surface area (Å²) in [6, 6.07) is 6.85. The van der Waals surface area contributed by atoms with Crippen LogP contribution in [0.4, 0.5) is 0 Å². The van der Waals surface area contributed by atoms with Crippen LogP contribution in [0.25, 0.3) is 0 Å². The third-order valence-corrected chi connectivity index (χ3v) is 7.41. The molecule has 0 atom stereocenters. The first-order chi connectivity index (χ1) is 9.25. The van der Waals surface area contributed by atoms with Crippen LogP contribution in [0.2, 0.25) is 0 Å². The van der Waals surface area contributed by atoms with Gasteiger partial charge in [0.05, 0.1) is 16.9 Å². The maximum atomic E-state index is 12.3. The molecule has 2 aromatic rings. The number of sulfone groups is 1. The van der Waals surface area contributed by atoms with Crippen molar-refractivity contribution in [3.63, 3.8) is 0 Å². The van der Waals surface area contributed by atoms with Gasteiger partial charge >= 0.3 is 0 Å². The molecule has 0 aliphatic carbocycles. The molecule has 9 heteroatoms. The zero-order valence-electron chi connectivity index (χ0n) is 10.1. The number of benzene rings is 1. The number of halogens is 1. The summed E-state index contributed by atoms with van der Waals surface area (Å²) in [6.07, 6.45) is 0. The Bertz CT molecular complexity index is 819. The van der Waals surface area contributed by atoms with Gasteiger partial charge in [-0.3, -0.25) is 0 Å². The molecule has 2 rings (SSSR count). The molecule has 20 heavy (non-hydrogen) atoms. The van der Waals surface area contributed by atoms with Crippen molar-refractivity contribution in [2.75, 3.05) is 7.11 Å². The van der Waals surface area contributed by atoms with Crippen LogP contribution in [0, 0.1) is 0 Å². The van der Waals surface area contributed by atoms with Crippen molar-refractivity contribution in [1.29, 1.82) is 0 Å². The van der Waals surface area contributed by atoms with E-state index in [2.05, 4.69) is 0 Å². The highest BCUT2D eigenvalue weighted by molar-refractivity contribution is 8.15. The summed E-state index contributed by atoms with van der Waals surface area (Å²) in [5.74, 6) is 0.526. The van der Waals surface area contributed by atoms with Crippen LogP contribution in [0.15, 0.2) is 49.7 Å². The lowest BCUT2D eigenvalue weighted by Gasteiger charge is -2.03. The molecule has 0 aliphatic rings. The average Bonchev–Trinajstić information content (AvgIpc) is 2.89. The number of rotatable bonds is 4. The van der Waals surface area contributed by atoms with E-state index >= 15 is 0 Å². The second-order valence-corrected chi connectivity index (χ2v) is 9.37. The third-order valence-electron chi connectivity index (χ3n) is 2.47. The molecule has 0 saturated carbocycles. The Kier molecular flexibility index (Phi) is 4.10. The molecule has 0 saturated heterocycles. The van der Waals surface area contributed by atoms with Crippen LogP contribution >= 0.6 is 22.0 Å². The fourth-order valence-electron chi connectivity index (χ4n) is 1.46. The van der Waals surface area contributed by atoms with E-state index in [0.29, 0.717) is 5.75 Å². The van der Waals surface area contributed by atoms with Crippen molar-refractivity contribution in [1.82, 2.24) is 0 Å². The van der Waals surface area contributed by atoms with E-state index in [1.165, 1.54) is 36.8 Å². The molecular formula is C11H9ClO5S3. The second kappa shape index (κ2) is 5.36. The Hall–Kier alpha value is -1.09. The van der Waals surface area contributed by atoms with E-state index in [0.717, 1.165) is 17.4 Å². The monoisotopic (exact) mass is 352 g/mol. The van der Waals surface area contributed by atoms with Crippen LogP contribution in [0.3, 0.4) is 0 Å². The zero-order valence-corrected chi connectivity index (χ0v) is 13.3. The van der Waals surface area contributed by atoms with Crippen LogP contribution in [-0.4, -0.2) is 23.9 Å². The topological polar surface area (TPSA) is 77.5 Å². The lowest BCUT2D eigenvalue weighted by molar-refractivity contribution is 0.414. The van der Waals surface area contributed by atoms with Gasteiger partial charge in [-0.15, -0.1) is 11.3 Å². The van der Waals surface area contributed by atoms with Crippen LogP contribution in [0.5, 0.6) is 5.75 Å². The predicted octanol–water partition coefficient (Wildman–Crippen LogP) is 2.52. The van der Waals surface area contributed by atoms with Gasteiger partial charge in [-0.1, -0.05) is 0 Å². The number of hydrogen-bond acceptors (Lipinski definition) is 6. The van der Waals surface area contributed by atoms with E-state index < -0.39 is 18.9 Å². The molecule has 0 unspecified atom stereocenters. The Balaban J connectivity index is 2.46. The quantitative estimate of drug-likeness (QED) is 0.790. The SMILES string of the molecule is COc1ccc(S(=O)(=O)c2csc(S(=O)(=O)Cl)c2)cc1. The molecule has 1 aromatic carbocycles. The van der Waals surface area contributed by atoms with Crippen molar-refractivity contribution in [3.05, 3.63) is 35.7 Å². The maximum absolute atomic E-state index is 12.3. The summed E-state index contributed by atoms with van der Waals surface area (Å²) in [4.78, 5) is -0.0542. The van der Waals surface area contributed by atoms with Crippen LogP contribution in [0.1, 0.15) is 0 Å². The highest BCUT2D eigenvalue weighted by atomic mass is 35.7. The molecule has 1 aromatic heterocycles. The van der Waals surface area contributed by atoms with E-state index in [-0.39, 0.29) is 14.0 Å².